The van der Waals surface area contributed by atoms with E-state index in [1.54, 1.807) is 18.3 Å². The van der Waals surface area contributed by atoms with Gasteiger partial charge in [0.25, 0.3) is 5.91 Å². The van der Waals surface area contributed by atoms with E-state index in [-0.39, 0.29) is 5.91 Å². The Hall–Kier alpha value is -1.58. The number of carbonyl (C=O) groups is 1. The van der Waals surface area contributed by atoms with E-state index in [0.717, 1.165) is 6.54 Å². The van der Waals surface area contributed by atoms with Gasteiger partial charge in [0.2, 0.25) is 0 Å². The predicted molar refractivity (Wildman–Crippen MR) is 67.6 cm³/mol. The predicted octanol–water partition coefficient (Wildman–Crippen LogP) is 1.97. The van der Waals surface area contributed by atoms with Crippen molar-refractivity contribution in [2.45, 2.75) is 32.1 Å². The molecular formula is C13H19N3O. The molecule has 92 valence electrons. The van der Waals surface area contributed by atoms with Crippen LogP contribution in [0.5, 0.6) is 0 Å². The fourth-order valence-corrected chi connectivity index (χ4v) is 2.32. The van der Waals surface area contributed by atoms with Crippen molar-refractivity contribution in [3.05, 3.63) is 24.0 Å². The SMILES string of the molecule is Nc1cccnc1C(=O)NCC1CCCCC1. The van der Waals surface area contributed by atoms with E-state index in [9.17, 15) is 4.79 Å². The minimum Gasteiger partial charge on any atom is -0.397 e. The Kier molecular flexibility index (Phi) is 3.96. The molecule has 2 rings (SSSR count). The second-order valence-corrected chi connectivity index (χ2v) is 4.66. The minimum atomic E-state index is -0.159. The van der Waals surface area contributed by atoms with E-state index in [0.29, 0.717) is 17.3 Å². The minimum absolute atomic E-state index is 0.159. The molecule has 0 aliphatic heterocycles. The van der Waals surface area contributed by atoms with Crippen LogP contribution in [0, 0.1) is 5.92 Å². The average Bonchev–Trinajstić information content (AvgIpc) is 2.38. The molecule has 0 radical (unpaired) electrons. The Morgan fingerprint density at radius 2 is 2.18 bits per heavy atom. The van der Waals surface area contributed by atoms with Crippen LogP contribution in [0.4, 0.5) is 5.69 Å². The van der Waals surface area contributed by atoms with Gasteiger partial charge in [-0.05, 0) is 30.9 Å². The molecule has 0 saturated heterocycles. The fourth-order valence-electron chi connectivity index (χ4n) is 2.32. The van der Waals surface area contributed by atoms with Crippen molar-refractivity contribution in [2.24, 2.45) is 5.92 Å². The van der Waals surface area contributed by atoms with E-state index in [1.165, 1.54) is 32.1 Å². The van der Waals surface area contributed by atoms with Crippen molar-refractivity contribution in [3.63, 3.8) is 0 Å². The second-order valence-electron chi connectivity index (χ2n) is 4.66. The van der Waals surface area contributed by atoms with Gasteiger partial charge < -0.3 is 11.1 Å². The summed E-state index contributed by atoms with van der Waals surface area (Å²) in [6.07, 6.45) is 7.93. The number of amides is 1. The van der Waals surface area contributed by atoms with Crippen molar-refractivity contribution in [1.82, 2.24) is 10.3 Å². The summed E-state index contributed by atoms with van der Waals surface area (Å²) in [6.45, 7) is 0.745. The van der Waals surface area contributed by atoms with Crippen LogP contribution >= 0.6 is 0 Å². The molecule has 1 aromatic rings. The van der Waals surface area contributed by atoms with Crippen molar-refractivity contribution in [1.29, 1.82) is 0 Å². The van der Waals surface area contributed by atoms with Crippen LogP contribution in [0.1, 0.15) is 42.6 Å². The van der Waals surface area contributed by atoms with Gasteiger partial charge in [-0.3, -0.25) is 4.79 Å². The number of aromatic nitrogens is 1. The maximum Gasteiger partial charge on any atom is 0.272 e. The first kappa shape index (κ1) is 11.9. The number of anilines is 1. The van der Waals surface area contributed by atoms with Gasteiger partial charge in [-0.1, -0.05) is 19.3 Å². The highest BCUT2D eigenvalue weighted by Crippen LogP contribution is 2.22. The third-order valence-electron chi connectivity index (χ3n) is 3.33. The van der Waals surface area contributed by atoms with Gasteiger partial charge >= 0.3 is 0 Å². The number of nitrogens with zero attached hydrogens (tertiary/aromatic N) is 1. The molecule has 1 fully saturated rings. The summed E-state index contributed by atoms with van der Waals surface area (Å²) in [7, 11) is 0. The molecule has 3 N–H and O–H groups in total. The summed E-state index contributed by atoms with van der Waals surface area (Å²) in [6, 6.07) is 3.43. The third-order valence-corrected chi connectivity index (χ3v) is 3.33. The van der Waals surface area contributed by atoms with Crippen molar-refractivity contribution in [2.75, 3.05) is 12.3 Å². The molecule has 1 aliphatic carbocycles. The van der Waals surface area contributed by atoms with E-state index in [1.807, 2.05) is 0 Å². The first-order valence-electron chi connectivity index (χ1n) is 6.26. The van der Waals surface area contributed by atoms with Crippen LogP contribution in [0.2, 0.25) is 0 Å². The summed E-state index contributed by atoms with van der Waals surface area (Å²) in [5.41, 5.74) is 6.48. The zero-order valence-corrected chi connectivity index (χ0v) is 9.98. The number of pyridine rings is 1. The highest BCUT2D eigenvalue weighted by atomic mass is 16.1. The molecule has 1 aliphatic rings. The molecule has 17 heavy (non-hydrogen) atoms. The van der Waals surface area contributed by atoms with Crippen LogP contribution in [0.25, 0.3) is 0 Å². The van der Waals surface area contributed by atoms with Gasteiger partial charge in [0.05, 0.1) is 5.69 Å². The van der Waals surface area contributed by atoms with Crippen LogP contribution in [-0.4, -0.2) is 17.4 Å². The summed E-state index contributed by atoms with van der Waals surface area (Å²) in [5, 5.41) is 2.93. The third kappa shape index (κ3) is 3.19. The van der Waals surface area contributed by atoms with E-state index in [4.69, 9.17) is 5.73 Å². The lowest BCUT2D eigenvalue weighted by Crippen LogP contribution is -2.31. The highest BCUT2D eigenvalue weighted by Gasteiger charge is 2.16. The topological polar surface area (TPSA) is 68.0 Å². The molecule has 0 aromatic carbocycles. The molecule has 0 atom stereocenters. The van der Waals surface area contributed by atoms with Crippen LogP contribution in [0.3, 0.4) is 0 Å². The number of nitrogen functional groups attached to an aromatic ring is 1. The molecule has 1 aromatic heterocycles. The Balaban J connectivity index is 1.87. The van der Waals surface area contributed by atoms with Gasteiger partial charge in [0.15, 0.2) is 5.69 Å². The smallest absolute Gasteiger partial charge is 0.272 e. The maximum absolute atomic E-state index is 11.9. The van der Waals surface area contributed by atoms with Gasteiger partial charge in [0.1, 0.15) is 0 Å². The lowest BCUT2D eigenvalue weighted by molar-refractivity contribution is 0.0939. The van der Waals surface area contributed by atoms with Crippen LogP contribution in [0.15, 0.2) is 18.3 Å². The zero-order valence-electron chi connectivity index (χ0n) is 9.98. The Bertz CT molecular complexity index is 386. The van der Waals surface area contributed by atoms with Crippen LogP contribution in [-0.2, 0) is 0 Å². The Morgan fingerprint density at radius 3 is 2.88 bits per heavy atom. The normalized spacial score (nSPS) is 16.7. The van der Waals surface area contributed by atoms with Gasteiger partial charge in [-0.15, -0.1) is 0 Å². The molecule has 0 bridgehead atoms. The number of hydrogen-bond acceptors (Lipinski definition) is 3. The molecule has 1 heterocycles. The van der Waals surface area contributed by atoms with Crippen molar-refractivity contribution < 1.29 is 4.79 Å². The monoisotopic (exact) mass is 233 g/mol. The van der Waals surface area contributed by atoms with E-state index in [2.05, 4.69) is 10.3 Å². The average molecular weight is 233 g/mol. The number of nitrogens with one attached hydrogen (secondary N) is 1. The Morgan fingerprint density at radius 1 is 1.41 bits per heavy atom. The second kappa shape index (κ2) is 5.66. The number of nitrogens with two attached hydrogens (primary N) is 1. The zero-order chi connectivity index (χ0) is 12.1. The standard InChI is InChI=1S/C13H19N3O/c14-11-7-4-8-15-12(11)13(17)16-9-10-5-2-1-3-6-10/h4,7-8,10H,1-3,5-6,9,14H2,(H,16,17). The number of hydrogen-bond donors (Lipinski definition) is 2. The molecular weight excluding hydrogens is 214 g/mol. The van der Waals surface area contributed by atoms with E-state index >= 15 is 0 Å². The lowest BCUT2D eigenvalue weighted by Gasteiger charge is -2.21. The van der Waals surface area contributed by atoms with E-state index < -0.39 is 0 Å². The first-order chi connectivity index (χ1) is 8.27. The summed E-state index contributed by atoms with van der Waals surface area (Å²) in [4.78, 5) is 15.9. The largest absolute Gasteiger partial charge is 0.397 e. The highest BCUT2D eigenvalue weighted by molar-refractivity contribution is 5.96. The molecule has 1 amide bonds. The van der Waals surface area contributed by atoms with Gasteiger partial charge in [-0.2, -0.15) is 0 Å². The summed E-state index contributed by atoms with van der Waals surface area (Å²) in [5.74, 6) is 0.464. The lowest BCUT2D eigenvalue weighted by atomic mass is 9.89. The number of rotatable bonds is 3. The van der Waals surface area contributed by atoms with Crippen LogP contribution < -0.4 is 11.1 Å². The maximum atomic E-state index is 11.9. The summed E-state index contributed by atoms with van der Waals surface area (Å²) >= 11 is 0. The molecule has 4 heteroatoms. The fraction of sp³-hybridized carbons (Fsp3) is 0.538. The Labute approximate surface area is 102 Å². The van der Waals surface area contributed by atoms with Crippen molar-refractivity contribution >= 4 is 11.6 Å². The van der Waals surface area contributed by atoms with Crippen molar-refractivity contribution in [3.8, 4) is 0 Å². The molecule has 4 nitrogen and oxygen atoms in total. The van der Waals surface area contributed by atoms with Gasteiger partial charge in [-0.25, -0.2) is 4.98 Å². The molecule has 0 unspecified atom stereocenters. The quantitative estimate of drug-likeness (QED) is 0.838. The first-order valence-corrected chi connectivity index (χ1v) is 6.26. The summed E-state index contributed by atoms with van der Waals surface area (Å²) < 4.78 is 0. The number of carbonyl (C=O) groups excluding carboxylic acids is 1. The molecule has 0 spiro atoms. The molecule has 1 saturated carbocycles. The van der Waals surface area contributed by atoms with Gasteiger partial charge in [0, 0.05) is 12.7 Å².